The SMILES string of the molecule is CC(c1ccc2c(c1)OCO2)N1CCN(c2ncc(C(=O)O)s2)CC1.[H-].[Li+]. The average molecular weight is 369 g/mol. The number of piperazine rings is 1. The van der Waals surface area contributed by atoms with Crippen LogP contribution in [0.5, 0.6) is 11.5 Å². The number of ether oxygens (including phenoxy) is 2. The molecule has 0 aliphatic carbocycles. The predicted molar refractivity (Wildman–Crippen MR) is 95.0 cm³/mol. The molecule has 9 heteroatoms. The van der Waals surface area contributed by atoms with Gasteiger partial charge in [-0.1, -0.05) is 17.4 Å². The molecule has 1 fully saturated rings. The molecule has 0 saturated carbocycles. The standard InChI is InChI=1S/C17H19N3O4S.Li.H/c1-11(12-2-3-13-14(8-12)24-10-23-13)19-4-6-20(7-5-19)17-18-9-15(25-17)16(21)22;;/h2-3,8-9,11H,4-7,10H2,1H3,(H,21,22);;/q;+1;-1. The third-order valence-electron chi connectivity index (χ3n) is 4.72. The Labute approximate surface area is 169 Å². The van der Waals surface area contributed by atoms with E-state index >= 15 is 0 Å². The number of benzene rings is 1. The van der Waals surface area contributed by atoms with Crippen LogP contribution >= 0.6 is 11.3 Å². The number of fused-ring (bicyclic) bond motifs is 1. The quantitative estimate of drug-likeness (QED) is 0.733. The summed E-state index contributed by atoms with van der Waals surface area (Å²) in [7, 11) is 0. The summed E-state index contributed by atoms with van der Waals surface area (Å²) in [6.07, 6.45) is 1.43. The second-order valence-electron chi connectivity index (χ2n) is 6.12. The minimum absolute atomic E-state index is 0. The Balaban J connectivity index is 0.00000131. The molecular formula is C17H20LiN3O4S. The number of hydrogen-bond acceptors (Lipinski definition) is 7. The van der Waals surface area contributed by atoms with Crippen molar-refractivity contribution in [1.29, 1.82) is 0 Å². The fourth-order valence-corrected chi connectivity index (χ4v) is 4.00. The van der Waals surface area contributed by atoms with E-state index < -0.39 is 5.97 Å². The van der Waals surface area contributed by atoms with E-state index in [4.69, 9.17) is 14.6 Å². The maximum absolute atomic E-state index is 11.0. The van der Waals surface area contributed by atoms with Crippen molar-refractivity contribution in [3.05, 3.63) is 34.8 Å². The number of carbonyl (C=O) groups is 1. The fraction of sp³-hybridized carbons (Fsp3) is 0.412. The topological polar surface area (TPSA) is 75.1 Å². The van der Waals surface area contributed by atoms with Gasteiger partial charge in [-0.15, -0.1) is 0 Å². The zero-order chi connectivity index (χ0) is 17.4. The Hall–Kier alpha value is -1.72. The molecule has 134 valence electrons. The number of carboxylic acid groups (broad SMARTS) is 1. The van der Waals surface area contributed by atoms with Crippen LogP contribution in [0, 0.1) is 0 Å². The molecule has 1 aromatic heterocycles. The molecule has 0 spiro atoms. The summed E-state index contributed by atoms with van der Waals surface area (Å²) < 4.78 is 10.8. The van der Waals surface area contributed by atoms with Gasteiger partial charge in [-0.05, 0) is 24.6 Å². The summed E-state index contributed by atoms with van der Waals surface area (Å²) in [4.78, 5) is 20.1. The van der Waals surface area contributed by atoms with E-state index in [0.29, 0.717) is 0 Å². The maximum Gasteiger partial charge on any atom is 1.00 e. The second kappa shape index (κ2) is 7.88. The summed E-state index contributed by atoms with van der Waals surface area (Å²) in [5.41, 5.74) is 1.21. The smallest absolute Gasteiger partial charge is 1.00 e. The number of anilines is 1. The van der Waals surface area contributed by atoms with Gasteiger partial charge in [0, 0.05) is 32.2 Å². The summed E-state index contributed by atoms with van der Waals surface area (Å²) >= 11 is 1.23. The minimum atomic E-state index is -0.918. The van der Waals surface area contributed by atoms with Crippen molar-refractivity contribution >= 4 is 22.4 Å². The summed E-state index contributed by atoms with van der Waals surface area (Å²) in [5.74, 6) is 0.699. The molecule has 1 atom stereocenters. The number of rotatable bonds is 4. The third-order valence-corrected chi connectivity index (χ3v) is 5.76. The number of aromatic carboxylic acids is 1. The number of carboxylic acids is 1. The molecule has 0 amide bonds. The minimum Gasteiger partial charge on any atom is -1.00 e. The number of nitrogens with zero attached hydrogens (tertiary/aromatic N) is 3. The van der Waals surface area contributed by atoms with Gasteiger partial charge < -0.3 is 20.9 Å². The van der Waals surface area contributed by atoms with Crippen molar-refractivity contribution in [2.24, 2.45) is 0 Å². The van der Waals surface area contributed by atoms with Crippen LogP contribution in [0.15, 0.2) is 24.4 Å². The van der Waals surface area contributed by atoms with Crippen molar-refractivity contribution in [2.75, 3.05) is 37.9 Å². The third kappa shape index (κ3) is 3.69. The zero-order valence-corrected chi connectivity index (χ0v) is 15.7. The first-order valence-corrected chi connectivity index (χ1v) is 9.01. The summed E-state index contributed by atoms with van der Waals surface area (Å²) in [6.45, 7) is 5.95. The molecule has 4 rings (SSSR count). The summed E-state index contributed by atoms with van der Waals surface area (Å²) in [6, 6.07) is 6.39. The van der Waals surface area contributed by atoms with Crippen LogP contribution in [-0.4, -0.2) is 53.9 Å². The van der Waals surface area contributed by atoms with Gasteiger partial charge in [-0.2, -0.15) is 0 Å². The molecule has 1 saturated heterocycles. The molecule has 2 aromatic rings. The Bertz CT molecular complexity index is 798. The molecule has 1 aromatic carbocycles. The van der Waals surface area contributed by atoms with Crippen LogP contribution in [0.25, 0.3) is 0 Å². The molecule has 26 heavy (non-hydrogen) atoms. The number of hydrogen-bond donors (Lipinski definition) is 1. The normalized spacial score (nSPS) is 17.7. The van der Waals surface area contributed by atoms with Gasteiger partial charge in [-0.25, -0.2) is 9.78 Å². The van der Waals surface area contributed by atoms with Gasteiger partial charge in [-0.3, -0.25) is 4.90 Å². The van der Waals surface area contributed by atoms with E-state index in [9.17, 15) is 4.79 Å². The van der Waals surface area contributed by atoms with Crippen LogP contribution in [0.3, 0.4) is 0 Å². The van der Waals surface area contributed by atoms with Crippen molar-refractivity contribution < 1.29 is 39.7 Å². The Morgan fingerprint density at radius 2 is 2.00 bits per heavy atom. The van der Waals surface area contributed by atoms with Crippen molar-refractivity contribution in [1.82, 2.24) is 9.88 Å². The van der Waals surface area contributed by atoms with Crippen LogP contribution in [0.2, 0.25) is 0 Å². The Morgan fingerprint density at radius 1 is 1.27 bits per heavy atom. The Kier molecular flexibility index (Phi) is 5.78. The van der Waals surface area contributed by atoms with E-state index in [2.05, 4.69) is 33.8 Å². The van der Waals surface area contributed by atoms with E-state index in [0.717, 1.165) is 42.8 Å². The molecule has 0 bridgehead atoms. The molecule has 3 heterocycles. The predicted octanol–water partition coefficient (Wildman–Crippen LogP) is -0.430. The first-order valence-electron chi connectivity index (χ1n) is 8.19. The largest absolute Gasteiger partial charge is 1.00 e. The molecular weight excluding hydrogens is 349 g/mol. The fourth-order valence-electron chi connectivity index (χ4n) is 3.19. The maximum atomic E-state index is 11.0. The van der Waals surface area contributed by atoms with E-state index in [-0.39, 0.29) is 38.0 Å². The van der Waals surface area contributed by atoms with Gasteiger partial charge in [0.2, 0.25) is 6.79 Å². The zero-order valence-electron chi connectivity index (χ0n) is 15.8. The van der Waals surface area contributed by atoms with E-state index in [1.165, 1.54) is 23.1 Å². The van der Waals surface area contributed by atoms with Gasteiger partial charge in [0.05, 0.1) is 6.20 Å². The Morgan fingerprint density at radius 3 is 2.69 bits per heavy atom. The first kappa shape index (κ1) is 19.1. The molecule has 2 aliphatic heterocycles. The molecule has 1 unspecified atom stereocenters. The molecule has 0 radical (unpaired) electrons. The van der Waals surface area contributed by atoms with E-state index in [1.807, 2.05) is 6.07 Å². The van der Waals surface area contributed by atoms with Crippen LogP contribution in [0.4, 0.5) is 5.13 Å². The summed E-state index contributed by atoms with van der Waals surface area (Å²) in [5, 5.41) is 9.81. The van der Waals surface area contributed by atoms with Gasteiger partial charge in [0.1, 0.15) is 4.88 Å². The van der Waals surface area contributed by atoms with Gasteiger partial charge in [0.25, 0.3) is 0 Å². The molecule has 7 nitrogen and oxygen atoms in total. The number of thiazole rings is 1. The van der Waals surface area contributed by atoms with Gasteiger partial charge >= 0.3 is 24.8 Å². The average Bonchev–Trinajstić information content (AvgIpc) is 3.30. The van der Waals surface area contributed by atoms with Crippen molar-refractivity contribution in [3.63, 3.8) is 0 Å². The number of aromatic nitrogens is 1. The van der Waals surface area contributed by atoms with Crippen LogP contribution in [-0.2, 0) is 0 Å². The monoisotopic (exact) mass is 369 g/mol. The second-order valence-corrected chi connectivity index (χ2v) is 7.13. The van der Waals surface area contributed by atoms with Crippen molar-refractivity contribution in [3.8, 4) is 11.5 Å². The van der Waals surface area contributed by atoms with Crippen LogP contribution in [0.1, 0.15) is 29.6 Å². The first-order chi connectivity index (χ1) is 12.1. The molecule has 1 N–H and O–H groups in total. The van der Waals surface area contributed by atoms with E-state index in [1.54, 1.807) is 0 Å². The van der Waals surface area contributed by atoms with Crippen molar-refractivity contribution in [2.45, 2.75) is 13.0 Å². The molecule has 2 aliphatic rings. The van der Waals surface area contributed by atoms with Crippen LogP contribution < -0.4 is 33.2 Å². The van der Waals surface area contributed by atoms with Gasteiger partial charge in [0.15, 0.2) is 16.6 Å².